The highest BCUT2D eigenvalue weighted by molar-refractivity contribution is 7.80. The van der Waals surface area contributed by atoms with E-state index in [1.54, 1.807) is 21.3 Å². The molecule has 0 amide bonds. The van der Waals surface area contributed by atoms with Crippen LogP contribution in [0.4, 0.5) is 0 Å². The van der Waals surface area contributed by atoms with Crippen molar-refractivity contribution in [2.45, 2.75) is 6.17 Å². The molecule has 1 heterocycles. The summed E-state index contributed by atoms with van der Waals surface area (Å²) >= 11 is 5.00. The Labute approximate surface area is 111 Å². The van der Waals surface area contributed by atoms with Crippen LogP contribution in [0.5, 0.6) is 17.2 Å². The Morgan fingerprint density at radius 2 is 1.67 bits per heavy atom. The molecule has 1 atom stereocenters. The van der Waals surface area contributed by atoms with Crippen molar-refractivity contribution >= 4 is 17.3 Å². The number of nitrogens with one attached hydrogen (secondary N) is 3. The lowest BCUT2D eigenvalue weighted by Crippen LogP contribution is -2.26. The molecule has 0 spiro atoms. The van der Waals surface area contributed by atoms with Gasteiger partial charge in [-0.15, -0.1) is 0 Å². The van der Waals surface area contributed by atoms with Gasteiger partial charge in [-0.1, -0.05) is 0 Å². The highest BCUT2D eigenvalue weighted by atomic mass is 32.1. The van der Waals surface area contributed by atoms with Crippen LogP contribution in [0.3, 0.4) is 0 Å². The Kier molecular flexibility index (Phi) is 3.73. The van der Waals surface area contributed by atoms with Gasteiger partial charge in [0.15, 0.2) is 16.6 Å². The minimum atomic E-state index is -0.133. The molecule has 0 aliphatic carbocycles. The van der Waals surface area contributed by atoms with E-state index < -0.39 is 0 Å². The Morgan fingerprint density at radius 1 is 1.06 bits per heavy atom. The van der Waals surface area contributed by atoms with Gasteiger partial charge in [0.1, 0.15) is 6.17 Å². The minimum absolute atomic E-state index is 0.133. The first-order valence-electron chi connectivity index (χ1n) is 5.31. The first-order valence-corrected chi connectivity index (χ1v) is 5.72. The topological polar surface area (TPSA) is 63.8 Å². The molecule has 1 aromatic carbocycles. The van der Waals surface area contributed by atoms with Crippen LogP contribution in [0.15, 0.2) is 12.1 Å². The third kappa shape index (κ3) is 2.27. The standard InChI is InChI=1S/C11H15N3O3S/c1-15-7-4-6(10-12-11(18)14-13-10)5-8(16-2)9(7)17-3/h4-5,10,13H,1-3H3,(H2,12,14,18). The quantitative estimate of drug-likeness (QED) is 0.695. The summed E-state index contributed by atoms with van der Waals surface area (Å²) in [5.74, 6) is 1.78. The third-order valence-electron chi connectivity index (χ3n) is 2.63. The molecule has 1 unspecified atom stereocenters. The van der Waals surface area contributed by atoms with Gasteiger partial charge >= 0.3 is 0 Å². The van der Waals surface area contributed by atoms with E-state index in [0.29, 0.717) is 22.4 Å². The largest absolute Gasteiger partial charge is 0.493 e. The number of ether oxygens (including phenoxy) is 3. The minimum Gasteiger partial charge on any atom is -0.493 e. The second-order valence-electron chi connectivity index (χ2n) is 3.63. The van der Waals surface area contributed by atoms with E-state index >= 15 is 0 Å². The Hall–Kier alpha value is -1.73. The van der Waals surface area contributed by atoms with Crippen LogP contribution in [0.2, 0.25) is 0 Å². The monoisotopic (exact) mass is 269 g/mol. The van der Waals surface area contributed by atoms with Crippen molar-refractivity contribution < 1.29 is 14.2 Å². The van der Waals surface area contributed by atoms with Gasteiger partial charge in [0.25, 0.3) is 0 Å². The maximum absolute atomic E-state index is 5.29. The van der Waals surface area contributed by atoms with Gasteiger partial charge in [-0.2, -0.15) is 0 Å². The number of thiocarbonyl (C=S) groups is 1. The molecule has 2 rings (SSSR count). The summed E-state index contributed by atoms with van der Waals surface area (Å²) in [6.07, 6.45) is -0.133. The fraction of sp³-hybridized carbons (Fsp3) is 0.364. The fourth-order valence-corrected chi connectivity index (χ4v) is 1.95. The molecule has 0 bridgehead atoms. The van der Waals surface area contributed by atoms with Gasteiger partial charge in [0.05, 0.1) is 21.3 Å². The molecule has 3 N–H and O–H groups in total. The summed E-state index contributed by atoms with van der Waals surface area (Å²) < 4.78 is 15.8. The fourth-order valence-electron chi connectivity index (χ4n) is 1.78. The number of hydrogen-bond donors (Lipinski definition) is 3. The lowest BCUT2D eigenvalue weighted by Gasteiger charge is -2.16. The maximum Gasteiger partial charge on any atom is 0.203 e. The highest BCUT2D eigenvalue weighted by Gasteiger charge is 2.22. The van der Waals surface area contributed by atoms with Gasteiger partial charge in [-0.05, 0) is 29.9 Å². The molecule has 1 aliphatic rings. The van der Waals surface area contributed by atoms with E-state index in [9.17, 15) is 0 Å². The molecule has 0 aromatic heterocycles. The average Bonchev–Trinajstić information content (AvgIpc) is 2.83. The van der Waals surface area contributed by atoms with Crippen LogP contribution >= 0.6 is 12.2 Å². The van der Waals surface area contributed by atoms with Crippen molar-refractivity contribution in [2.24, 2.45) is 0 Å². The molecular formula is C11H15N3O3S. The molecule has 1 saturated heterocycles. The van der Waals surface area contributed by atoms with E-state index in [1.807, 2.05) is 12.1 Å². The normalized spacial score (nSPS) is 17.9. The lowest BCUT2D eigenvalue weighted by atomic mass is 10.1. The van der Waals surface area contributed by atoms with Crippen molar-refractivity contribution in [3.8, 4) is 17.2 Å². The second-order valence-corrected chi connectivity index (χ2v) is 4.04. The number of hydrogen-bond acceptors (Lipinski definition) is 5. The van der Waals surface area contributed by atoms with Crippen molar-refractivity contribution in [1.29, 1.82) is 0 Å². The Balaban J connectivity index is 2.40. The third-order valence-corrected chi connectivity index (χ3v) is 2.85. The van der Waals surface area contributed by atoms with Crippen LogP contribution < -0.4 is 30.4 Å². The average molecular weight is 269 g/mol. The van der Waals surface area contributed by atoms with Gasteiger partial charge in [0, 0.05) is 0 Å². The zero-order valence-corrected chi connectivity index (χ0v) is 11.2. The van der Waals surface area contributed by atoms with E-state index in [1.165, 1.54) is 0 Å². The van der Waals surface area contributed by atoms with E-state index in [4.69, 9.17) is 26.4 Å². The summed E-state index contributed by atoms with van der Waals surface area (Å²) in [5.41, 5.74) is 6.77. The zero-order valence-electron chi connectivity index (χ0n) is 10.4. The first kappa shape index (κ1) is 12.7. The first-order chi connectivity index (χ1) is 8.69. The number of benzene rings is 1. The number of rotatable bonds is 4. The second kappa shape index (κ2) is 5.28. The van der Waals surface area contributed by atoms with Crippen LogP contribution in [0, 0.1) is 0 Å². The van der Waals surface area contributed by atoms with E-state index in [-0.39, 0.29) is 6.17 Å². The van der Waals surface area contributed by atoms with Crippen molar-refractivity contribution in [3.63, 3.8) is 0 Å². The van der Waals surface area contributed by atoms with Gasteiger partial charge < -0.3 is 19.5 Å². The molecule has 1 aliphatic heterocycles. The van der Waals surface area contributed by atoms with Crippen molar-refractivity contribution in [2.75, 3.05) is 21.3 Å². The summed E-state index contributed by atoms with van der Waals surface area (Å²) in [6, 6.07) is 3.73. The van der Waals surface area contributed by atoms with E-state index in [2.05, 4.69) is 16.2 Å². The maximum atomic E-state index is 5.29. The Bertz CT molecular complexity index is 442. The smallest absolute Gasteiger partial charge is 0.203 e. The van der Waals surface area contributed by atoms with Crippen LogP contribution in [0.1, 0.15) is 11.7 Å². The molecule has 98 valence electrons. The summed E-state index contributed by atoms with van der Waals surface area (Å²) in [4.78, 5) is 0. The molecular weight excluding hydrogens is 254 g/mol. The van der Waals surface area contributed by atoms with Crippen LogP contribution in [-0.4, -0.2) is 26.4 Å². The number of methoxy groups -OCH3 is 3. The predicted octanol–water partition coefficient (Wildman–Crippen LogP) is 0.693. The molecule has 0 radical (unpaired) electrons. The van der Waals surface area contributed by atoms with Crippen LogP contribution in [-0.2, 0) is 0 Å². The van der Waals surface area contributed by atoms with Crippen LogP contribution in [0.25, 0.3) is 0 Å². The van der Waals surface area contributed by atoms with E-state index in [0.717, 1.165) is 5.56 Å². The molecule has 1 fully saturated rings. The molecule has 0 saturated carbocycles. The SMILES string of the molecule is COc1cc(C2NNC(=S)N2)cc(OC)c1OC. The summed E-state index contributed by atoms with van der Waals surface area (Å²) in [6.45, 7) is 0. The Morgan fingerprint density at radius 3 is 2.06 bits per heavy atom. The van der Waals surface area contributed by atoms with Gasteiger partial charge in [-0.3, -0.25) is 5.43 Å². The molecule has 18 heavy (non-hydrogen) atoms. The molecule has 7 heteroatoms. The summed E-state index contributed by atoms with van der Waals surface area (Å²) in [7, 11) is 4.74. The lowest BCUT2D eigenvalue weighted by molar-refractivity contribution is 0.323. The molecule has 1 aromatic rings. The summed E-state index contributed by atoms with van der Waals surface area (Å²) in [5, 5.41) is 3.62. The predicted molar refractivity (Wildman–Crippen MR) is 70.8 cm³/mol. The van der Waals surface area contributed by atoms with Crippen molar-refractivity contribution in [1.82, 2.24) is 16.2 Å². The van der Waals surface area contributed by atoms with Gasteiger partial charge in [0.2, 0.25) is 5.75 Å². The van der Waals surface area contributed by atoms with Gasteiger partial charge in [-0.25, -0.2) is 5.43 Å². The molecule has 6 nitrogen and oxygen atoms in total. The van der Waals surface area contributed by atoms with Crippen molar-refractivity contribution in [3.05, 3.63) is 17.7 Å². The highest BCUT2D eigenvalue weighted by Crippen LogP contribution is 2.39. The zero-order chi connectivity index (χ0) is 13.1. The number of hydrazine groups is 1.